The normalized spacial score (nSPS) is 28.9. The molecule has 1 heterocycles. The van der Waals surface area contributed by atoms with Crippen LogP contribution in [0.3, 0.4) is 0 Å². The fourth-order valence-corrected chi connectivity index (χ4v) is 4.88. The van der Waals surface area contributed by atoms with Crippen molar-refractivity contribution in [2.75, 3.05) is 0 Å². The average Bonchev–Trinajstić information content (AvgIpc) is 2.49. The number of ether oxygens (including phenoxy) is 1. The molecule has 25 heavy (non-hydrogen) atoms. The Morgan fingerprint density at radius 3 is 2.28 bits per heavy atom. The lowest BCUT2D eigenvalue weighted by molar-refractivity contribution is -0.168. The molecule has 0 radical (unpaired) electrons. The van der Waals surface area contributed by atoms with E-state index in [4.69, 9.17) is 9.16 Å². The van der Waals surface area contributed by atoms with Gasteiger partial charge in [0.15, 0.2) is 8.32 Å². The highest BCUT2D eigenvalue weighted by atomic mass is 28.4. The number of carbonyl (C=O) groups is 1. The van der Waals surface area contributed by atoms with E-state index in [0.717, 1.165) is 19.3 Å². The molecule has 0 bridgehead atoms. The maximum atomic E-state index is 12.5. The summed E-state index contributed by atoms with van der Waals surface area (Å²) in [5, 5.41) is 0.157. The Morgan fingerprint density at radius 2 is 1.76 bits per heavy atom. The zero-order valence-corrected chi connectivity index (χ0v) is 18.4. The Balaban J connectivity index is 2.22. The van der Waals surface area contributed by atoms with Crippen LogP contribution in [0.4, 0.5) is 0 Å². The lowest BCUT2D eigenvalue weighted by atomic mass is 9.85. The lowest BCUT2D eigenvalue weighted by Gasteiger charge is -2.44. The van der Waals surface area contributed by atoms with E-state index in [-0.39, 0.29) is 29.1 Å². The second-order valence-corrected chi connectivity index (χ2v) is 14.5. The van der Waals surface area contributed by atoms with Gasteiger partial charge in [0.05, 0.1) is 12.0 Å². The Bertz CT molecular complexity index is 494. The number of cyclic esters (lactones) is 1. The molecule has 4 heteroatoms. The second-order valence-electron chi connectivity index (χ2n) is 9.79. The summed E-state index contributed by atoms with van der Waals surface area (Å²) in [5.41, 5.74) is 1.45. The molecular formula is C21H38O3Si. The summed E-state index contributed by atoms with van der Waals surface area (Å²) in [6.07, 6.45) is 8.95. The van der Waals surface area contributed by atoms with Crippen LogP contribution in [0.25, 0.3) is 0 Å². The first-order chi connectivity index (χ1) is 11.5. The summed E-state index contributed by atoms with van der Waals surface area (Å²) in [6.45, 7) is 15.6. The van der Waals surface area contributed by atoms with Crippen molar-refractivity contribution in [1.82, 2.24) is 0 Å². The van der Waals surface area contributed by atoms with E-state index >= 15 is 0 Å². The molecule has 0 unspecified atom stereocenters. The molecule has 1 aliphatic carbocycles. The van der Waals surface area contributed by atoms with Crippen molar-refractivity contribution in [3.05, 3.63) is 11.6 Å². The first-order valence-corrected chi connectivity index (χ1v) is 13.0. The molecule has 2 rings (SSSR count). The van der Waals surface area contributed by atoms with Gasteiger partial charge in [-0.1, -0.05) is 46.6 Å². The van der Waals surface area contributed by atoms with Crippen molar-refractivity contribution in [3.8, 4) is 0 Å². The van der Waals surface area contributed by atoms with E-state index in [0.29, 0.717) is 5.92 Å². The molecule has 0 aromatic rings. The SMILES string of the molecule is CC(C)[C@@H]1C[C@H](O[Si](C)(C)C(C)(C)C)[C@@H](C=C2CCCCC2)OC1=O. The van der Waals surface area contributed by atoms with Gasteiger partial charge in [0.25, 0.3) is 0 Å². The van der Waals surface area contributed by atoms with Gasteiger partial charge >= 0.3 is 5.97 Å². The molecule has 0 spiro atoms. The van der Waals surface area contributed by atoms with Gasteiger partial charge in [-0.05, 0) is 62.2 Å². The lowest BCUT2D eigenvalue weighted by Crippen LogP contribution is -2.51. The van der Waals surface area contributed by atoms with Gasteiger partial charge < -0.3 is 9.16 Å². The van der Waals surface area contributed by atoms with Gasteiger partial charge in [-0.2, -0.15) is 0 Å². The van der Waals surface area contributed by atoms with E-state index in [1.807, 2.05) is 0 Å². The Labute approximate surface area is 155 Å². The van der Waals surface area contributed by atoms with Gasteiger partial charge in [-0.3, -0.25) is 4.79 Å². The van der Waals surface area contributed by atoms with Gasteiger partial charge in [0, 0.05) is 0 Å². The topological polar surface area (TPSA) is 35.5 Å². The summed E-state index contributed by atoms with van der Waals surface area (Å²) in [5.74, 6) is 0.208. The van der Waals surface area contributed by atoms with Crippen LogP contribution in [0, 0.1) is 11.8 Å². The molecule has 3 nitrogen and oxygen atoms in total. The summed E-state index contributed by atoms with van der Waals surface area (Å²) in [6, 6.07) is 0. The van der Waals surface area contributed by atoms with Crippen molar-refractivity contribution >= 4 is 14.3 Å². The van der Waals surface area contributed by atoms with Gasteiger partial charge in [-0.15, -0.1) is 0 Å². The minimum absolute atomic E-state index is 0.000387. The van der Waals surface area contributed by atoms with Crippen LogP contribution in [0.5, 0.6) is 0 Å². The molecule has 0 aromatic heterocycles. The van der Waals surface area contributed by atoms with Crippen molar-refractivity contribution in [2.45, 2.75) is 103 Å². The molecule has 1 saturated heterocycles. The average molecular weight is 367 g/mol. The monoisotopic (exact) mass is 366 g/mol. The van der Waals surface area contributed by atoms with Crippen molar-refractivity contribution in [2.24, 2.45) is 11.8 Å². The fraction of sp³-hybridized carbons (Fsp3) is 0.857. The minimum atomic E-state index is -1.91. The van der Waals surface area contributed by atoms with E-state index in [2.05, 4.69) is 53.8 Å². The van der Waals surface area contributed by atoms with Crippen molar-refractivity contribution in [1.29, 1.82) is 0 Å². The standard InChI is InChI=1S/C21H38O3Si/c1-15(2)17-14-19(24-25(6,7)21(3,4)5)18(23-20(17)22)13-16-11-9-8-10-12-16/h13,15,17-19H,8-12,14H2,1-7H3/t17-,18+,19-/m0/s1. The Kier molecular flexibility index (Phi) is 6.58. The van der Waals surface area contributed by atoms with Crippen molar-refractivity contribution < 1.29 is 14.0 Å². The number of rotatable bonds is 4. The van der Waals surface area contributed by atoms with Crippen molar-refractivity contribution in [3.63, 3.8) is 0 Å². The summed E-state index contributed by atoms with van der Waals surface area (Å²) < 4.78 is 12.7. The smallest absolute Gasteiger partial charge is 0.309 e. The third-order valence-electron chi connectivity index (χ3n) is 6.36. The summed E-state index contributed by atoms with van der Waals surface area (Å²) in [4.78, 5) is 12.5. The van der Waals surface area contributed by atoms with Crippen LogP contribution in [-0.2, 0) is 14.0 Å². The molecule has 0 N–H and O–H groups in total. The molecular weight excluding hydrogens is 328 g/mol. The molecule has 2 aliphatic rings. The van der Waals surface area contributed by atoms with Crippen LogP contribution >= 0.6 is 0 Å². The highest BCUT2D eigenvalue weighted by Crippen LogP contribution is 2.40. The highest BCUT2D eigenvalue weighted by Gasteiger charge is 2.45. The predicted octanol–water partition coefficient (Wildman–Crippen LogP) is 5.86. The van der Waals surface area contributed by atoms with Crippen LogP contribution in [0.15, 0.2) is 11.6 Å². The van der Waals surface area contributed by atoms with Crippen LogP contribution < -0.4 is 0 Å². The number of esters is 1. The number of carbonyl (C=O) groups excluding carboxylic acids is 1. The number of hydrogen-bond acceptors (Lipinski definition) is 3. The van der Waals surface area contributed by atoms with E-state index in [9.17, 15) is 4.79 Å². The zero-order valence-electron chi connectivity index (χ0n) is 17.4. The van der Waals surface area contributed by atoms with Crippen LogP contribution in [0.2, 0.25) is 18.1 Å². The third-order valence-corrected chi connectivity index (χ3v) is 10.9. The maximum Gasteiger partial charge on any atom is 0.309 e. The molecule has 1 saturated carbocycles. The fourth-order valence-electron chi connectivity index (χ4n) is 3.54. The summed E-state index contributed by atoms with van der Waals surface area (Å²) in [7, 11) is -1.91. The Morgan fingerprint density at radius 1 is 1.16 bits per heavy atom. The van der Waals surface area contributed by atoms with Gasteiger partial charge in [0.2, 0.25) is 0 Å². The zero-order chi connectivity index (χ0) is 18.8. The first-order valence-electron chi connectivity index (χ1n) is 10.1. The molecule has 2 fully saturated rings. The minimum Gasteiger partial charge on any atom is -0.455 e. The molecule has 0 amide bonds. The van der Waals surface area contributed by atoms with Gasteiger partial charge in [0.1, 0.15) is 6.10 Å². The predicted molar refractivity (Wildman–Crippen MR) is 106 cm³/mol. The van der Waals surface area contributed by atoms with Crippen LogP contribution in [-0.4, -0.2) is 26.5 Å². The quantitative estimate of drug-likeness (QED) is 0.355. The molecule has 144 valence electrons. The van der Waals surface area contributed by atoms with E-state index < -0.39 is 8.32 Å². The first kappa shape index (κ1) is 20.7. The third kappa shape index (κ3) is 5.19. The van der Waals surface area contributed by atoms with E-state index in [1.165, 1.54) is 24.8 Å². The highest BCUT2D eigenvalue weighted by molar-refractivity contribution is 6.74. The van der Waals surface area contributed by atoms with Crippen LogP contribution in [0.1, 0.15) is 73.1 Å². The maximum absolute atomic E-state index is 12.5. The largest absolute Gasteiger partial charge is 0.455 e. The second kappa shape index (κ2) is 7.95. The number of allylic oxidation sites excluding steroid dienone is 1. The van der Waals surface area contributed by atoms with E-state index in [1.54, 1.807) is 0 Å². The molecule has 0 aromatic carbocycles. The molecule has 1 aliphatic heterocycles. The van der Waals surface area contributed by atoms with Gasteiger partial charge in [-0.25, -0.2) is 0 Å². The Hall–Kier alpha value is -0.613. The molecule has 3 atom stereocenters. The number of hydrogen-bond donors (Lipinski definition) is 0. The summed E-state index contributed by atoms with van der Waals surface area (Å²) >= 11 is 0.